The first-order valence-corrected chi connectivity index (χ1v) is 9.20. The summed E-state index contributed by atoms with van der Waals surface area (Å²) in [5, 5.41) is 6.06. The monoisotopic (exact) mass is 385 g/mol. The number of nitrogens with zero attached hydrogens (tertiary/aromatic N) is 4. The van der Waals surface area contributed by atoms with E-state index in [9.17, 15) is 18.0 Å². The van der Waals surface area contributed by atoms with Crippen LogP contribution in [-0.2, 0) is 16.9 Å². The number of hydrogen-bond donors (Lipinski definition) is 1. The molecule has 0 bridgehead atoms. The molecule has 1 N–H and O–H groups in total. The van der Waals surface area contributed by atoms with Gasteiger partial charge in [0.05, 0.1) is 21.0 Å². The quantitative estimate of drug-likeness (QED) is 0.833. The van der Waals surface area contributed by atoms with E-state index in [0.717, 1.165) is 6.26 Å². The first kappa shape index (κ1) is 18.9. The summed E-state index contributed by atoms with van der Waals surface area (Å²) in [6.07, 6.45) is 2.22. The molecule has 0 spiro atoms. The van der Waals surface area contributed by atoms with Crippen LogP contribution in [0.25, 0.3) is 0 Å². The molecule has 0 unspecified atom stereocenters. The van der Waals surface area contributed by atoms with E-state index in [1.807, 2.05) is 0 Å². The lowest BCUT2D eigenvalue weighted by molar-refractivity contribution is 0.0824. The van der Waals surface area contributed by atoms with Crippen LogP contribution in [0, 0.1) is 0 Å². The summed E-state index contributed by atoms with van der Waals surface area (Å²) in [5.74, 6) is -1.10. The Morgan fingerprint density at radius 3 is 2.40 bits per heavy atom. The third-order valence-corrected chi connectivity index (χ3v) is 4.84. The summed E-state index contributed by atoms with van der Waals surface area (Å²) in [6, 6.07) is 2.43. The Hall–Kier alpha value is -2.46. The van der Waals surface area contributed by atoms with Crippen molar-refractivity contribution in [1.29, 1.82) is 0 Å². The number of aromatic nitrogens is 3. The molecule has 0 aliphatic carbocycles. The number of amides is 2. The molecular weight excluding hydrogens is 370 g/mol. The number of carbonyl (C=O) groups excluding carboxylic acids is 2. The van der Waals surface area contributed by atoms with Crippen molar-refractivity contribution in [2.24, 2.45) is 7.05 Å². The maximum absolute atomic E-state index is 12.4. The molecule has 134 valence electrons. The fourth-order valence-corrected chi connectivity index (χ4v) is 3.31. The van der Waals surface area contributed by atoms with Crippen LogP contribution >= 0.6 is 11.6 Å². The first-order chi connectivity index (χ1) is 11.5. The normalized spacial score (nSPS) is 11.2. The highest BCUT2D eigenvalue weighted by molar-refractivity contribution is 7.90. The molecule has 0 fully saturated rings. The zero-order valence-electron chi connectivity index (χ0n) is 13.9. The zero-order valence-corrected chi connectivity index (χ0v) is 15.5. The molecule has 1 aromatic carbocycles. The van der Waals surface area contributed by atoms with Gasteiger partial charge in [0.25, 0.3) is 11.8 Å². The van der Waals surface area contributed by atoms with Gasteiger partial charge in [-0.15, -0.1) is 0 Å². The summed E-state index contributed by atoms with van der Waals surface area (Å²) in [7, 11) is 0.768. The molecule has 0 saturated heterocycles. The molecule has 0 atom stereocenters. The molecule has 25 heavy (non-hydrogen) atoms. The fourth-order valence-electron chi connectivity index (χ4n) is 2.04. The molecule has 1 aromatic heterocycles. The predicted octanol–water partition coefficient (Wildman–Crippen LogP) is 0.826. The van der Waals surface area contributed by atoms with Crippen LogP contribution in [0.3, 0.4) is 0 Å². The van der Waals surface area contributed by atoms with Gasteiger partial charge in [-0.05, 0) is 12.1 Å². The topological polar surface area (TPSA) is 114 Å². The molecule has 0 aliphatic heterocycles. The Morgan fingerprint density at radius 2 is 1.92 bits per heavy atom. The van der Waals surface area contributed by atoms with Gasteiger partial charge in [-0.3, -0.25) is 14.9 Å². The molecule has 0 radical (unpaired) electrons. The minimum atomic E-state index is -3.72. The second kappa shape index (κ2) is 6.81. The highest BCUT2D eigenvalue weighted by Crippen LogP contribution is 2.29. The smallest absolute Gasteiger partial charge is 0.259 e. The highest BCUT2D eigenvalue weighted by Gasteiger charge is 2.27. The van der Waals surface area contributed by atoms with Gasteiger partial charge in [-0.2, -0.15) is 10.1 Å². The van der Waals surface area contributed by atoms with Gasteiger partial charge < -0.3 is 4.90 Å². The summed E-state index contributed by atoms with van der Waals surface area (Å²) in [5.41, 5.74) is -0.304. The largest absolute Gasteiger partial charge is 0.345 e. The summed E-state index contributed by atoms with van der Waals surface area (Å²) in [6.45, 7) is 0. The van der Waals surface area contributed by atoms with E-state index in [2.05, 4.69) is 15.4 Å². The number of anilines is 1. The molecule has 0 saturated carbocycles. The van der Waals surface area contributed by atoms with Crippen molar-refractivity contribution in [2.45, 2.75) is 4.90 Å². The average molecular weight is 386 g/mol. The number of halogens is 1. The molecule has 1 heterocycles. The van der Waals surface area contributed by atoms with E-state index < -0.39 is 21.7 Å². The minimum absolute atomic E-state index is 0.0535. The van der Waals surface area contributed by atoms with Gasteiger partial charge in [-0.25, -0.2) is 13.1 Å². The average Bonchev–Trinajstić information content (AvgIpc) is 2.90. The van der Waals surface area contributed by atoms with Crippen LogP contribution in [0.15, 0.2) is 23.4 Å². The van der Waals surface area contributed by atoms with E-state index >= 15 is 0 Å². The number of sulfone groups is 1. The lowest BCUT2D eigenvalue weighted by atomic mass is 10.1. The van der Waals surface area contributed by atoms with Crippen molar-refractivity contribution in [3.8, 4) is 0 Å². The third kappa shape index (κ3) is 3.80. The Kier molecular flexibility index (Phi) is 5.14. The lowest BCUT2D eigenvalue weighted by Crippen LogP contribution is -2.25. The Morgan fingerprint density at radius 1 is 1.28 bits per heavy atom. The van der Waals surface area contributed by atoms with Crippen molar-refractivity contribution in [3.05, 3.63) is 34.6 Å². The van der Waals surface area contributed by atoms with Gasteiger partial charge >= 0.3 is 0 Å². The van der Waals surface area contributed by atoms with Gasteiger partial charge in [0.2, 0.25) is 5.95 Å². The second-order valence-corrected chi connectivity index (χ2v) is 7.80. The summed E-state index contributed by atoms with van der Waals surface area (Å²) in [4.78, 5) is 29.6. The standard InChI is InChI=1S/C14H16ClN5O4S/c1-19(2)13(22)10-9(25(4,23)24)6-5-8(11(10)15)12(21)18-14-16-7-17-20(14)3/h5-7H,1-4H3,(H,16,17,18,21). The van der Waals surface area contributed by atoms with E-state index in [1.54, 1.807) is 7.05 Å². The van der Waals surface area contributed by atoms with Gasteiger partial charge in [0.15, 0.2) is 9.84 Å². The van der Waals surface area contributed by atoms with Gasteiger partial charge in [0.1, 0.15) is 6.33 Å². The molecule has 2 rings (SSSR count). The van der Waals surface area contributed by atoms with Crippen LogP contribution in [0.2, 0.25) is 5.02 Å². The Labute approximate surface area is 149 Å². The highest BCUT2D eigenvalue weighted by atomic mass is 35.5. The van der Waals surface area contributed by atoms with Crippen molar-refractivity contribution >= 4 is 39.2 Å². The molecule has 2 aromatic rings. The van der Waals surface area contributed by atoms with Crippen LogP contribution in [-0.4, -0.2) is 60.2 Å². The van der Waals surface area contributed by atoms with E-state index in [0.29, 0.717) is 0 Å². The maximum atomic E-state index is 12.4. The number of aryl methyl sites for hydroxylation is 1. The van der Waals surface area contributed by atoms with Crippen LogP contribution < -0.4 is 5.32 Å². The Bertz CT molecular complexity index is 952. The van der Waals surface area contributed by atoms with Gasteiger partial charge in [0, 0.05) is 27.4 Å². The van der Waals surface area contributed by atoms with Crippen molar-refractivity contribution in [3.63, 3.8) is 0 Å². The first-order valence-electron chi connectivity index (χ1n) is 6.93. The van der Waals surface area contributed by atoms with Crippen LogP contribution in [0.5, 0.6) is 0 Å². The molecule has 11 heteroatoms. The minimum Gasteiger partial charge on any atom is -0.345 e. The van der Waals surface area contributed by atoms with Crippen LogP contribution in [0.1, 0.15) is 20.7 Å². The second-order valence-electron chi connectivity index (χ2n) is 5.43. The third-order valence-electron chi connectivity index (χ3n) is 3.30. The fraction of sp³-hybridized carbons (Fsp3) is 0.286. The summed E-state index contributed by atoms with van der Waals surface area (Å²) >= 11 is 6.22. The Balaban J connectivity index is 2.58. The molecular formula is C14H16ClN5O4S. The molecule has 9 nitrogen and oxygen atoms in total. The molecule has 0 aliphatic rings. The van der Waals surface area contributed by atoms with E-state index in [1.165, 1.54) is 42.1 Å². The lowest BCUT2D eigenvalue weighted by Gasteiger charge is -2.16. The van der Waals surface area contributed by atoms with E-state index in [-0.39, 0.29) is 27.0 Å². The van der Waals surface area contributed by atoms with Gasteiger partial charge in [-0.1, -0.05) is 11.6 Å². The van der Waals surface area contributed by atoms with Crippen molar-refractivity contribution in [1.82, 2.24) is 19.7 Å². The summed E-state index contributed by atoms with van der Waals surface area (Å²) < 4.78 is 25.3. The SMILES string of the molecule is CN(C)C(=O)c1c(S(C)(=O)=O)ccc(C(=O)Nc2ncnn2C)c1Cl. The number of carbonyl (C=O) groups is 2. The molecule has 2 amide bonds. The maximum Gasteiger partial charge on any atom is 0.259 e. The number of benzene rings is 1. The zero-order chi connectivity index (χ0) is 18.9. The number of rotatable bonds is 4. The van der Waals surface area contributed by atoms with Crippen molar-refractivity contribution < 1.29 is 18.0 Å². The predicted molar refractivity (Wildman–Crippen MR) is 91.5 cm³/mol. The number of hydrogen-bond acceptors (Lipinski definition) is 6. The van der Waals surface area contributed by atoms with Crippen molar-refractivity contribution in [2.75, 3.05) is 25.7 Å². The van der Waals surface area contributed by atoms with Crippen LogP contribution in [0.4, 0.5) is 5.95 Å². The number of nitrogens with one attached hydrogen (secondary N) is 1. The van der Waals surface area contributed by atoms with E-state index in [4.69, 9.17) is 11.6 Å².